The Balaban J connectivity index is 1.46. The van der Waals surface area contributed by atoms with Gasteiger partial charge in [-0.2, -0.15) is 0 Å². The molecule has 0 saturated carbocycles. The van der Waals surface area contributed by atoms with Crippen LogP contribution in [0.2, 0.25) is 0 Å². The van der Waals surface area contributed by atoms with Crippen LogP contribution in [0, 0.1) is 6.92 Å². The van der Waals surface area contributed by atoms with E-state index in [2.05, 4.69) is 15.3 Å². The molecule has 8 heteroatoms. The molecule has 0 spiro atoms. The second kappa shape index (κ2) is 9.07. The van der Waals surface area contributed by atoms with Gasteiger partial charge in [-0.3, -0.25) is 9.59 Å². The Morgan fingerprint density at radius 1 is 1.14 bits per heavy atom. The van der Waals surface area contributed by atoms with E-state index in [1.54, 1.807) is 6.33 Å². The van der Waals surface area contributed by atoms with Crippen LogP contribution in [0.3, 0.4) is 0 Å². The number of carbonyl (C=O) groups is 2. The highest BCUT2D eigenvalue weighted by molar-refractivity contribution is 7.20. The summed E-state index contributed by atoms with van der Waals surface area (Å²) in [5.74, 6) is 1.18. The van der Waals surface area contributed by atoms with Gasteiger partial charge in [0.15, 0.2) is 0 Å². The summed E-state index contributed by atoms with van der Waals surface area (Å²) in [5, 5.41) is 4.35. The number of fused-ring (bicyclic) bond motifs is 1. The van der Waals surface area contributed by atoms with Crippen LogP contribution >= 0.6 is 11.3 Å². The van der Waals surface area contributed by atoms with E-state index in [1.807, 2.05) is 16.7 Å². The number of amides is 2. The lowest BCUT2D eigenvalue weighted by molar-refractivity contribution is -0.127. The predicted octanol–water partition coefficient (Wildman–Crippen LogP) is 3.44. The zero-order valence-corrected chi connectivity index (χ0v) is 17.9. The zero-order chi connectivity index (χ0) is 20.2. The molecule has 0 radical (unpaired) electrons. The average molecular weight is 416 g/mol. The number of aromatic nitrogens is 2. The van der Waals surface area contributed by atoms with Gasteiger partial charge in [0.25, 0.3) is 5.91 Å². The molecular formula is C21H29N5O2S. The van der Waals surface area contributed by atoms with Crippen LogP contribution in [-0.4, -0.2) is 64.3 Å². The van der Waals surface area contributed by atoms with E-state index in [4.69, 9.17) is 0 Å². The molecule has 2 aromatic rings. The Bertz CT molecular complexity index is 889. The fourth-order valence-electron chi connectivity index (χ4n) is 4.24. The van der Waals surface area contributed by atoms with Crippen LogP contribution in [0.1, 0.15) is 60.2 Å². The van der Waals surface area contributed by atoms with Crippen molar-refractivity contribution < 1.29 is 9.59 Å². The number of nitrogens with zero attached hydrogens (tertiary/aromatic N) is 4. The summed E-state index contributed by atoms with van der Waals surface area (Å²) in [6.07, 6.45) is 8.67. The molecule has 1 N–H and O–H groups in total. The first-order valence-electron chi connectivity index (χ1n) is 10.7. The second-order valence-electron chi connectivity index (χ2n) is 7.93. The van der Waals surface area contributed by atoms with Crippen LogP contribution in [-0.2, 0) is 4.79 Å². The molecule has 29 heavy (non-hydrogen) atoms. The first-order chi connectivity index (χ1) is 14.1. The largest absolute Gasteiger partial charge is 0.369 e. The molecule has 2 fully saturated rings. The molecule has 2 aliphatic rings. The average Bonchev–Trinajstić information content (AvgIpc) is 3.16. The SMILES string of the molecule is Cc1c(C(=O)N2CCCCCC2)sc2ncnc(NCCCN3CCCC3=O)c12. The van der Waals surface area contributed by atoms with Crippen LogP contribution in [0.5, 0.6) is 0 Å². The van der Waals surface area contributed by atoms with Crippen molar-refractivity contribution in [2.75, 3.05) is 38.0 Å². The Morgan fingerprint density at radius 3 is 2.66 bits per heavy atom. The number of thiophene rings is 1. The number of likely N-dealkylation sites (tertiary alicyclic amines) is 2. The first-order valence-corrected chi connectivity index (χ1v) is 11.5. The van der Waals surface area contributed by atoms with Crippen molar-refractivity contribution in [2.45, 2.75) is 51.9 Å². The van der Waals surface area contributed by atoms with Gasteiger partial charge in [0.2, 0.25) is 5.91 Å². The molecule has 4 rings (SSSR count). The molecule has 2 aromatic heterocycles. The van der Waals surface area contributed by atoms with Crippen molar-refractivity contribution in [3.63, 3.8) is 0 Å². The number of hydrogen-bond acceptors (Lipinski definition) is 6. The number of nitrogens with one attached hydrogen (secondary N) is 1. The molecular weight excluding hydrogens is 386 g/mol. The third-order valence-corrected chi connectivity index (χ3v) is 7.07. The van der Waals surface area contributed by atoms with Gasteiger partial charge in [0, 0.05) is 39.1 Å². The van der Waals surface area contributed by atoms with Gasteiger partial charge < -0.3 is 15.1 Å². The van der Waals surface area contributed by atoms with Crippen LogP contribution in [0.15, 0.2) is 6.33 Å². The normalized spacial score (nSPS) is 17.8. The highest BCUT2D eigenvalue weighted by Crippen LogP contribution is 2.34. The fourth-order valence-corrected chi connectivity index (χ4v) is 5.36. The molecule has 4 heterocycles. The summed E-state index contributed by atoms with van der Waals surface area (Å²) in [4.78, 5) is 39.3. The Labute approximate surface area is 175 Å². The van der Waals surface area contributed by atoms with E-state index in [0.717, 1.165) is 84.9 Å². The third kappa shape index (κ3) is 4.37. The Hall–Kier alpha value is -2.22. The van der Waals surface area contributed by atoms with Gasteiger partial charge >= 0.3 is 0 Å². The van der Waals surface area contributed by atoms with E-state index in [9.17, 15) is 9.59 Å². The van der Waals surface area contributed by atoms with Gasteiger partial charge in [-0.25, -0.2) is 9.97 Å². The molecule has 7 nitrogen and oxygen atoms in total. The number of anilines is 1. The van der Waals surface area contributed by atoms with E-state index in [0.29, 0.717) is 6.42 Å². The molecule has 156 valence electrons. The number of carbonyl (C=O) groups excluding carboxylic acids is 2. The van der Waals surface area contributed by atoms with Gasteiger partial charge in [0.1, 0.15) is 17.0 Å². The van der Waals surface area contributed by atoms with Crippen molar-refractivity contribution in [1.82, 2.24) is 19.8 Å². The topological polar surface area (TPSA) is 78.4 Å². The monoisotopic (exact) mass is 415 g/mol. The van der Waals surface area contributed by atoms with Crippen molar-refractivity contribution in [3.8, 4) is 0 Å². The van der Waals surface area contributed by atoms with Gasteiger partial charge in [-0.05, 0) is 38.2 Å². The van der Waals surface area contributed by atoms with Crippen molar-refractivity contribution in [1.29, 1.82) is 0 Å². The standard InChI is InChI=1S/C21H29N5O2S/c1-15-17-19(22-9-7-13-25-12-6-8-16(25)27)23-14-24-20(17)29-18(15)21(28)26-10-4-2-3-5-11-26/h14H,2-13H2,1H3,(H,22,23,24). The summed E-state index contributed by atoms with van der Waals surface area (Å²) < 4.78 is 0. The smallest absolute Gasteiger partial charge is 0.264 e. The Kier molecular flexibility index (Phi) is 6.28. The fraction of sp³-hybridized carbons (Fsp3) is 0.619. The van der Waals surface area contributed by atoms with Gasteiger partial charge in [-0.1, -0.05) is 12.8 Å². The molecule has 2 saturated heterocycles. The van der Waals surface area contributed by atoms with Crippen molar-refractivity contribution in [2.24, 2.45) is 0 Å². The van der Waals surface area contributed by atoms with E-state index >= 15 is 0 Å². The predicted molar refractivity (Wildman–Crippen MR) is 115 cm³/mol. The van der Waals surface area contributed by atoms with E-state index < -0.39 is 0 Å². The summed E-state index contributed by atoms with van der Waals surface area (Å²) in [7, 11) is 0. The molecule has 2 amide bonds. The first kappa shape index (κ1) is 20.1. The zero-order valence-electron chi connectivity index (χ0n) is 17.1. The molecule has 0 atom stereocenters. The summed E-state index contributed by atoms with van der Waals surface area (Å²) in [5.41, 5.74) is 0.970. The quantitative estimate of drug-likeness (QED) is 0.731. The second-order valence-corrected chi connectivity index (χ2v) is 8.93. The lowest BCUT2D eigenvalue weighted by Crippen LogP contribution is -2.31. The number of hydrogen-bond donors (Lipinski definition) is 1. The van der Waals surface area contributed by atoms with Crippen molar-refractivity contribution in [3.05, 3.63) is 16.8 Å². The molecule has 0 unspecified atom stereocenters. The minimum atomic E-state index is 0.130. The minimum Gasteiger partial charge on any atom is -0.369 e. The summed E-state index contributed by atoms with van der Waals surface area (Å²) in [6, 6.07) is 0. The lowest BCUT2D eigenvalue weighted by atomic mass is 10.2. The van der Waals surface area contributed by atoms with Gasteiger partial charge in [0.05, 0.1) is 10.3 Å². The summed E-state index contributed by atoms with van der Waals surface area (Å²) >= 11 is 1.47. The third-order valence-electron chi connectivity index (χ3n) is 5.88. The molecule has 0 aliphatic carbocycles. The minimum absolute atomic E-state index is 0.130. The maximum absolute atomic E-state index is 13.1. The highest BCUT2D eigenvalue weighted by atomic mass is 32.1. The molecule has 0 aromatic carbocycles. The molecule has 2 aliphatic heterocycles. The maximum Gasteiger partial charge on any atom is 0.264 e. The van der Waals surface area contributed by atoms with Crippen LogP contribution in [0.4, 0.5) is 5.82 Å². The number of aryl methyl sites for hydroxylation is 1. The van der Waals surface area contributed by atoms with Crippen LogP contribution in [0.25, 0.3) is 10.2 Å². The highest BCUT2D eigenvalue weighted by Gasteiger charge is 2.24. The van der Waals surface area contributed by atoms with Gasteiger partial charge in [-0.15, -0.1) is 11.3 Å². The number of rotatable bonds is 6. The van der Waals surface area contributed by atoms with E-state index in [-0.39, 0.29) is 11.8 Å². The lowest BCUT2D eigenvalue weighted by Gasteiger charge is -2.19. The maximum atomic E-state index is 13.1. The van der Waals surface area contributed by atoms with Crippen LogP contribution < -0.4 is 5.32 Å². The molecule has 0 bridgehead atoms. The Morgan fingerprint density at radius 2 is 1.93 bits per heavy atom. The summed E-state index contributed by atoms with van der Waals surface area (Å²) in [6.45, 7) is 6.09. The van der Waals surface area contributed by atoms with E-state index in [1.165, 1.54) is 24.2 Å². The van der Waals surface area contributed by atoms with Crippen molar-refractivity contribution >= 4 is 39.2 Å².